The van der Waals surface area contributed by atoms with Crippen molar-refractivity contribution in [2.45, 2.75) is 87.6 Å². The van der Waals surface area contributed by atoms with Crippen molar-refractivity contribution in [1.82, 2.24) is 42.1 Å². The number of carbonyl (C=O) groups is 10. The first-order chi connectivity index (χ1) is 32.9. The normalized spacial score (nSPS) is 21.4. The number of hydrogen-bond donors (Lipinski definition) is 12. The second kappa shape index (κ2) is 27.7. The highest BCUT2D eigenvalue weighted by molar-refractivity contribution is 8.76. The number of guanidine groups is 1. The van der Waals surface area contributed by atoms with Crippen LogP contribution in [-0.2, 0) is 60.8 Å². The molecule has 2 heterocycles. The van der Waals surface area contributed by atoms with Crippen LogP contribution in [0.3, 0.4) is 0 Å². The number of aliphatic imine (C=N–C) groups is 1. The van der Waals surface area contributed by atoms with Crippen LogP contribution in [-0.4, -0.2) is 149 Å². The van der Waals surface area contributed by atoms with Crippen LogP contribution in [0.2, 0.25) is 0 Å². The molecule has 4 rings (SSSR count). The zero-order chi connectivity index (χ0) is 50.5. The molecule has 2 aromatic rings. The zero-order valence-electron chi connectivity index (χ0n) is 37.6. The number of nitrogens with one attached hydrogen (secondary N) is 7. The van der Waals surface area contributed by atoms with E-state index in [9.17, 15) is 53.1 Å². The molecule has 16 N–H and O–H groups in total. The van der Waals surface area contributed by atoms with E-state index in [0.29, 0.717) is 17.5 Å². The second-order valence-corrected chi connectivity index (χ2v) is 18.7. The standard InChI is InChI=1S/C43H59N13O11S2/c44-33(58)20-30-40(65)55-31(42(67)56-16-5-9-32(56)41(66)53-27(8-4-15-48-43(46)47)37(62)49-21-34(45)59)23-69-68-17-14-35(60)51-29(19-25-10-12-26(57)13-11-25)39(64)54-28(18-24-6-2-1-3-7-24)38(63)50-22-36(61)52-30/h1-3,6-7,10-13,27-32,57H,4-5,8-9,14-23H2,(H2,44,58)(H2,45,59)(H,49,62)(H,50,63)(H,51,60)(H,52,61)(H,53,66)(H,54,64)(H,55,65)(H4,46,47,48)/t27-,28-,29-,30-,31-,32-/m0/s1. The lowest BCUT2D eigenvalue weighted by Crippen LogP contribution is -2.59. The average Bonchev–Trinajstić information content (AvgIpc) is 3.80. The number of phenolic OH excluding ortho intramolecular Hbond substituents is 1. The SMILES string of the molecule is NC(=O)CNC(=O)[C@H](CCCN=C(N)N)NC(=O)[C@@H]1CCCN1C(=O)[C@@H]1CSSCCC(=O)N[C@@H](Cc2ccc(O)cc2)C(=O)N[C@@H](Cc2ccccc2)C(=O)NCC(=O)N[C@@H](CC(N)=O)C(=O)N1. The van der Waals surface area contributed by atoms with E-state index in [4.69, 9.17) is 22.9 Å². The summed E-state index contributed by atoms with van der Waals surface area (Å²) in [6.07, 6.45) is -0.0712. The van der Waals surface area contributed by atoms with Crippen LogP contribution in [0.1, 0.15) is 49.7 Å². The number of phenols is 1. The fraction of sp³-hybridized carbons (Fsp3) is 0.465. The molecule has 0 aromatic heterocycles. The van der Waals surface area contributed by atoms with E-state index in [1.54, 1.807) is 42.5 Å². The van der Waals surface area contributed by atoms with E-state index in [2.05, 4.69) is 42.2 Å². The van der Waals surface area contributed by atoms with Crippen LogP contribution in [0.4, 0.5) is 0 Å². The van der Waals surface area contributed by atoms with Crippen molar-refractivity contribution in [1.29, 1.82) is 0 Å². The van der Waals surface area contributed by atoms with E-state index in [1.165, 1.54) is 17.0 Å². The van der Waals surface area contributed by atoms with Gasteiger partial charge in [0.05, 0.1) is 19.5 Å². The predicted octanol–water partition coefficient (Wildman–Crippen LogP) is -3.98. The lowest BCUT2D eigenvalue weighted by molar-refractivity contribution is -0.142. The minimum Gasteiger partial charge on any atom is -0.508 e. The van der Waals surface area contributed by atoms with Crippen LogP contribution in [0.15, 0.2) is 59.6 Å². The third-order valence-electron chi connectivity index (χ3n) is 10.6. The first kappa shape index (κ1) is 54.5. The molecule has 0 saturated carbocycles. The van der Waals surface area contributed by atoms with Crippen molar-refractivity contribution < 1.29 is 53.1 Å². The summed E-state index contributed by atoms with van der Waals surface area (Å²) < 4.78 is 0. The molecule has 10 amide bonds. The minimum atomic E-state index is -1.63. The van der Waals surface area contributed by atoms with Gasteiger partial charge in [0.25, 0.3) is 0 Å². The van der Waals surface area contributed by atoms with E-state index in [1.807, 2.05) is 0 Å². The van der Waals surface area contributed by atoms with E-state index >= 15 is 0 Å². The van der Waals surface area contributed by atoms with Crippen molar-refractivity contribution >= 4 is 86.6 Å². The summed E-state index contributed by atoms with van der Waals surface area (Å²) in [4.78, 5) is 138. The summed E-state index contributed by atoms with van der Waals surface area (Å²) in [6.45, 7) is -1.05. The molecule has 0 radical (unpaired) electrons. The Balaban J connectivity index is 1.59. The van der Waals surface area contributed by atoms with Gasteiger partial charge in [-0.05, 0) is 48.9 Å². The molecular formula is C43H59N13O11S2. The molecule has 2 aliphatic rings. The van der Waals surface area contributed by atoms with Gasteiger partial charge in [-0.25, -0.2) is 0 Å². The molecule has 2 fully saturated rings. The number of nitrogens with zero attached hydrogens (tertiary/aromatic N) is 2. The van der Waals surface area contributed by atoms with Gasteiger partial charge in [0.15, 0.2) is 5.96 Å². The first-order valence-electron chi connectivity index (χ1n) is 21.9. The Bertz CT molecular complexity index is 2200. The highest BCUT2D eigenvalue weighted by Gasteiger charge is 2.40. The quantitative estimate of drug-likeness (QED) is 0.0330. The summed E-state index contributed by atoms with van der Waals surface area (Å²) in [5.41, 5.74) is 22.7. The Hall–Kier alpha value is -7.09. The molecule has 6 atom stereocenters. The number of hydrogen-bond acceptors (Lipinski definition) is 14. The van der Waals surface area contributed by atoms with Gasteiger partial charge in [-0.15, -0.1) is 0 Å². The molecule has 24 nitrogen and oxygen atoms in total. The Morgan fingerprint density at radius 2 is 1.43 bits per heavy atom. The summed E-state index contributed by atoms with van der Waals surface area (Å²) in [7, 11) is 2.25. The van der Waals surface area contributed by atoms with Gasteiger partial charge in [-0.3, -0.25) is 52.9 Å². The van der Waals surface area contributed by atoms with Crippen molar-refractivity contribution in [3.8, 4) is 5.75 Å². The maximum absolute atomic E-state index is 14.4. The molecule has 0 unspecified atom stereocenters. The van der Waals surface area contributed by atoms with Crippen LogP contribution in [0, 0.1) is 0 Å². The van der Waals surface area contributed by atoms with E-state index in [0.717, 1.165) is 21.6 Å². The molecule has 2 aromatic carbocycles. The fourth-order valence-electron chi connectivity index (χ4n) is 7.22. The van der Waals surface area contributed by atoms with Gasteiger partial charge >= 0.3 is 0 Å². The minimum absolute atomic E-state index is 0.0148. The first-order valence-corrected chi connectivity index (χ1v) is 24.4. The van der Waals surface area contributed by atoms with Crippen LogP contribution in [0.25, 0.3) is 0 Å². The lowest BCUT2D eigenvalue weighted by atomic mass is 10.0. The number of aromatic hydroxyl groups is 1. The number of nitrogens with two attached hydrogens (primary N) is 4. The highest BCUT2D eigenvalue weighted by Crippen LogP contribution is 2.26. The molecule has 26 heteroatoms. The maximum Gasteiger partial charge on any atom is 0.246 e. The molecular weight excluding hydrogens is 939 g/mol. The van der Waals surface area contributed by atoms with Gasteiger partial charge in [0.1, 0.15) is 42.0 Å². The van der Waals surface area contributed by atoms with Crippen LogP contribution >= 0.6 is 21.6 Å². The number of primary amides is 2. The Kier molecular flexibility index (Phi) is 21.9. The van der Waals surface area contributed by atoms with Gasteiger partial charge < -0.3 is 70.2 Å². The van der Waals surface area contributed by atoms with Crippen molar-refractivity contribution in [2.75, 3.05) is 37.7 Å². The molecule has 2 saturated heterocycles. The Morgan fingerprint density at radius 3 is 2.10 bits per heavy atom. The monoisotopic (exact) mass is 997 g/mol. The highest BCUT2D eigenvalue weighted by atomic mass is 33.1. The van der Waals surface area contributed by atoms with Gasteiger partial charge in [-0.1, -0.05) is 64.1 Å². The predicted molar refractivity (Wildman–Crippen MR) is 255 cm³/mol. The van der Waals surface area contributed by atoms with Gasteiger partial charge in [-0.2, -0.15) is 0 Å². The number of benzene rings is 2. The van der Waals surface area contributed by atoms with Crippen molar-refractivity contribution in [2.24, 2.45) is 27.9 Å². The van der Waals surface area contributed by atoms with Gasteiger partial charge in [0, 0.05) is 43.9 Å². The maximum atomic E-state index is 14.4. The molecule has 374 valence electrons. The topological polar surface area (TPSA) is 395 Å². The fourth-order valence-corrected chi connectivity index (χ4v) is 9.36. The molecule has 2 aliphatic heterocycles. The van der Waals surface area contributed by atoms with E-state index < -0.39 is 115 Å². The van der Waals surface area contributed by atoms with Crippen LogP contribution in [0.5, 0.6) is 5.75 Å². The lowest BCUT2D eigenvalue weighted by Gasteiger charge is -2.30. The summed E-state index contributed by atoms with van der Waals surface area (Å²) >= 11 is 0. The third-order valence-corrected chi connectivity index (χ3v) is 13.0. The molecule has 0 aliphatic carbocycles. The second-order valence-electron chi connectivity index (χ2n) is 16.1. The zero-order valence-corrected chi connectivity index (χ0v) is 39.2. The summed E-state index contributed by atoms with van der Waals surface area (Å²) in [5, 5.41) is 27.7. The molecule has 0 spiro atoms. The summed E-state index contributed by atoms with van der Waals surface area (Å²) in [5.74, 6) is -8.13. The Morgan fingerprint density at radius 1 is 0.783 bits per heavy atom. The Labute approximate surface area is 405 Å². The van der Waals surface area contributed by atoms with Crippen molar-refractivity contribution in [3.05, 3.63) is 65.7 Å². The smallest absolute Gasteiger partial charge is 0.246 e. The van der Waals surface area contributed by atoms with Crippen LogP contribution < -0.4 is 60.2 Å². The molecule has 0 bridgehead atoms. The number of rotatable bonds is 16. The largest absolute Gasteiger partial charge is 0.508 e. The number of carbonyl (C=O) groups excluding carboxylic acids is 10. The average molecular weight is 998 g/mol. The van der Waals surface area contributed by atoms with Gasteiger partial charge in [0.2, 0.25) is 59.1 Å². The third kappa shape index (κ3) is 18.8. The number of amides is 10. The van der Waals surface area contributed by atoms with Crippen molar-refractivity contribution in [3.63, 3.8) is 0 Å². The molecule has 69 heavy (non-hydrogen) atoms. The summed E-state index contributed by atoms with van der Waals surface area (Å²) in [6, 6.07) is 6.89. The number of likely N-dealkylation sites (tertiary alicyclic amines) is 1. The van der Waals surface area contributed by atoms with E-state index in [-0.39, 0.29) is 74.8 Å².